The second kappa shape index (κ2) is 5.71. The largest absolute Gasteiger partial charge is 0.339 e. The molecule has 1 aliphatic heterocycles. The molecule has 2 aromatic rings. The van der Waals surface area contributed by atoms with Gasteiger partial charge in [-0.3, -0.25) is 4.98 Å². The van der Waals surface area contributed by atoms with E-state index < -0.39 is 0 Å². The van der Waals surface area contributed by atoms with Crippen LogP contribution >= 0.6 is 0 Å². The van der Waals surface area contributed by atoms with E-state index in [9.17, 15) is 0 Å². The summed E-state index contributed by atoms with van der Waals surface area (Å²) in [5.41, 5.74) is 1.17. The zero-order chi connectivity index (χ0) is 13.8. The minimum Gasteiger partial charge on any atom is -0.339 e. The molecule has 1 unspecified atom stereocenters. The topological polar surface area (TPSA) is 63.8 Å². The molecule has 1 aliphatic rings. The number of aromatic nitrogens is 3. The van der Waals surface area contributed by atoms with Crippen molar-refractivity contribution < 1.29 is 4.52 Å². The summed E-state index contributed by atoms with van der Waals surface area (Å²) in [5.74, 6) is 1.54. The van der Waals surface area contributed by atoms with Crippen molar-refractivity contribution in [2.24, 2.45) is 0 Å². The van der Waals surface area contributed by atoms with E-state index in [1.54, 1.807) is 12.4 Å². The first-order valence-corrected chi connectivity index (χ1v) is 7.25. The van der Waals surface area contributed by atoms with Gasteiger partial charge in [0.2, 0.25) is 5.89 Å². The third-order valence-electron chi connectivity index (χ3n) is 4.18. The van der Waals surface area contributed by atoms with Gasteiger partial charge >= 0.3 is 0 Å². The number of hydrogen-bond acceptors (Lipinski definition) is 5. The van der Waals surface area contributed by atoms with Crippen molar-refractivity contribution in [1.29, 1.82) is 0 Å². The summed E-state index contributed by atoms with van der Waals surface area (Å²) in [6.45, 7) is 4.21. The van der Waals surface area contributed by atoms with Gasteiger partial charge in [-0.2, -0.15) is 4.98 Å². The molecule has 106 valence electrons. The van der Waals surface area contributed by atoms with E-state index >= 15 is 0 Å². The molecular weight excluding hydrogens is 252 g/mol. The maximum absolute atomic E-state index is 5.55. The molecule has 2 aromatic heterocycles. The van der Waals surface area contributed by atoms with Gasteiger partial charge in [0.25, 0.3) is 0 Å². The predicted octanol–water partition coefficient (Wildman–Crippen LogP) is 2.09. The lowest BCUT2D eigenvalue weighted by molar-refractivity contribution is 0.220. The normalized spacial score (nSPS) is 22.9. The number of pyridine rings is 1. The van der Waals surface area contributed by atoms with Gasteiger partial charge in [-0.15, -0.1) is 0 Å². The summed E-state index contributed by atoms with van der Waals surface area (Å²) < 4.78 is 5.55. The molecule has 1 fully saturated rings. The van der Waals surface area contributed by atoms with Gasteiger partial charge in [0, 0.05) is 25.4 Å². The van der Waals surface area contributed by atoms with Crippen molar-refractivity contribution in [3.8, 4) is 0 Å². The molecule has 3 rings (SSSR count). The van der Waals surface area contributed by atoms with E-state index in [0.29, 0.717) is 6.42 Å². The van der Waals surface area contributed by atoms with Crippen molar-refractivity contribution in [2.75, 3.05) is 13.1 Å². The Bertz CT molecular complexity index is 546. The Morgan fingerprint density at radius 1 is 1.35 bits per heavy atom. The Morgan fingerprint density at radius 2 is 2.20 bits per heavy atom. The predicted molar refractivity (Wildman–Crippen MR) is 75.4 cm³/mol. The summed E-state index contributed by atoms with van der Waals surface area (Å²) in [5, 5.41) is 7.59. The summed E-state index contributed by atoms with van der Waals surface area (Å²) in [6, 6.07) is 3.96. The van der Waals surface area contributed by atoms with Crippen molar-refractivity contribution >= 4 is 0 Å². The standard InChI is InChI=1S/C15H20N4O/c1-2-15(6-3-7-17-11-15)14-18-13(19-20-14)10-12-4-8-16-9-5-12/h4-5,8-9,17H,2-3,6-7,10-11H2,1H3. The molecule has 0 radical (unpaired) electrons. The second-order valence-corrected chi connectivity index (χ2v) is 5.46. The van der Waals surface area contributed by atoms with Crippen LogP contribution in [0.3, 0.4) is 0 Å². The number of nitrogens with one attached hydrogen (secondary N) is 1. The van der Waals surface area contributed by atoms with Crippen LogP contribution in [0.4, 0.5) is 0 Å². The molecule has 0 aliphatic carbocycles. The lowest BCUT2D eigenvalue weighted by Gasteiger charge is -2.33. The molecule has 0 amide bonds. The van der Waals surface area contributed by atoms with Crippen molar-refractivity contribution in [1.82, 2.24) is 20.4 Å². The molecular formula is C15H20N4O. The molecule has 0 spiro atoms. The van der Waals surface area contributed by atoms with Crippen LogP contribution in [0.25, 0.3) is 0 Å². The Morgan fingerprint density at radius 3 is 2.90 bits per heavy atom. The van der Waals surface area contributed by atoms with Gasteiger partial charge in [0.15, 0.2) is 5.82 Å². The Balaban J connectivity index is 1.79. The van der Waals surface area contributed by atoms with Gasteiger partial charge in [-0.1, -0.05) is 12.1 Å². The molecule has 5 nitrogen and oxygen atoms in total. The highest BCUT2D eigenvalue weighted by Crippen LogP contribution is 2.33. The highest BCUT2D eigenvalue weighted by Gasteiger charge is 2.37. The van der Waals surface area contributed by atoms with Gasteiger partial charge in [0.1, 0.15) is 0 Å². The maximum atomic E-state index is 5.55. The first-order chi connectivity index (χ1) is 9.82. The molecule has 0 saturated carbocycles. The van der Waals surface area contributed by atoms with Gasteiger partial charge in [0.05, 0.1) is 5.41 Å². The second-order valence-electron chi connectivity index (χ2n) is 5.46. The van der Waals surface area contributed by atoms with Crippen LogP contribution in [0.15, 0.2) is 29.0 Å². The lowest BCUT2D eigenvalue weighted by Crippen LogP contribution is -2.43. The highest BCUT2D eigenvalue weighted by molar-refractivity contribution is 5.16. The molecule has 20 heavy (non-hydrogen) atoms. The summed E-state index contributed by atoms with van der Waals surface area (Å²) in [6.07, 6.45) is 7.57. The maximum Gasteiger partial charge on any atom is 0.234 e. The fourth-order valence-corrected chi connectivity index (χ4v) is 2.83. The van der Waals surface area contributed by atoms with Crippen molar-refractivity contribution in [3.63, 3.8) is 0 Å². The Hall–Kier alpha value is -1.75. The molecule has 3 heterocycles. The fourth-order valence-electron chi connectivity index (χ4n) is 2.83. The average molecular weight is 272 g/mol. The average Bonchev–Trinajstić information content (AvgIpc) is 2.98. The lowest BCUT2D eigenvalue weighted by atomic mass is 9.78. The van der Waals surface area contributed by atoms with Crippen LogP contribution in [0.1, 0.15) is 43.5 Å². The van der Waals surface area contributed by atoms with E-state index in [-0.39, 0.29) is 5.41 Å². The minimum absolute atomic E-state index is 0.0156. The smallest absolute Gasteiger partial charge is 0.234 e. The third-order valence-corrected chi connectivity index (χ3v) is 4.18. The Kier molecular flexibility index (Phi) is 3.78. The number of hydrogen-bond donors (Lipinski definition) is 1. The number of rotatable bonds is 4. The summed E-state index contributed by atoms with van der Waals surface area (Å²) >= 11 is 0. The van der Waals surface area contributed by atoms with E-state index in [1.165, 1.54) is 0 Å². The zero-order valence-corrected chi connectivity index (χ0v) is 11.8. The highest BCUT2D eigenvalue weighted by atomic mass is 16.5. The first-order valence-electron chi connectivity index (χ1n) is 7.25. The monoisotopic (exact) mass is 272 g/mol. The molecule has 1 saturated heterocycles. The molecule has 1 N–H and O–H groups in total. The van der Waals surface area contributed by atoms with Crippen LogP contribution in [-0.4, -0.2) is 28.2 Å². The molecule has 0 bridgehead atoms. The fraction of sp³-hybridized carbons (Fsp3) is 0.533. The van der Waals surface area contributed by atoms with Gasteiger partial charge in [-0.05, 0) is 43.5 Å². The Labute approximate surface area is 118 Å². The van der Waals surface area contributed by atoms with E-state index in [1.807, 2.05) is 12.1 Å². The quantitative estimate of drug-likeness (QED) is 0.923. The molecule has 0 aromatic carbocycles. The minimum atomic E-state index is 0.0156. The van der Waals surface area contributed by atoms with Crippen LogP contribution in [-0.2, 0) is 11.8 Å². The van der Waals surface area contributed by atoms with Crippen molar-refractivity contribution in [2.45, 2.75) is 38.0 Å². The van der Waals surface area contributed by atoms with Crippen molar-refractivity contribution in [3.05, 3.63) is 41.8 Å². The van der Waals surface area contributed by atoms with Crippen LogP contribution in [0.5, 0.6) is 0 Å². The SMILES string of the molecule is CCC1(c2nc(Cc3ccncc3)no2)CCCNC1. The summed E-state index contributed by atoms with van der Waals surface area (Å²) in [7, 11) is 0. The van der Waals surface area contributed by atoms with Crippen LogP contribution in [0, 0.1) is 0 Å². The van der Waals surface area contributed by atoms with E-state index in [4.69, 9.17) is 4.52 Å². The van der Waals surface area contributed by atoms with Crippen LogP contribution in [0.2, 0.25) is 0 Å². The van der Waals surface area contributed by atoms with Gasteiger partial charge < -0.3 is 9.84 Å². The van der Waals surface area contributed by atoms with Gasteiger partial charge in [-0.25, -0.2) is 0 Å². The zero-order valence-electron chi connectivity index (χ0n) is 11.8. The number of piperidine rings is 1. The van der Waals surface area contributed by atoms with Crippen LogP contribution < -0.4 is 5.32 Å². The number of nitrogens with zero attached hydrogens (tertiary/aromatic N) is 3. The first kappa shape index (κ1) is 13.2. The van der Waals surface area contributed by atoms with E-state index in [0.717, 1.165) is 49.6 Å². The molecule has 1 atom stereocenters. The van der Waals surface area contributed by atoms with E-state index in [2.05, 4.69) is 27.4 Å². The third kappa shape index (κ3) is 2.58. The summed E-state index contributed by atoms with van der Waals surface area (Å²) in [4.78, 5) is 8.65. The molecule has 5 heteroatoms.